The van der Waals surface area contributed by atoms with Gasteiger partial charge in [0.05, 0.1) is 17.3 Å². The quantitative estimate of drug-likeness (QED) is 0.507. The van der Waals surface area contributed by atoms with Gasteiger partial charge in [0.1, 0.15) is 0 Å². The SMILES string of the molecule is C=C(C)CS(=O)(=O)C/C(C)=C\SS(=O)(=O)CC(=C)C. The summed E-state index contributed by atoms with van der Waals surface area (Å²) in [5.41, 5.74) is 1.61. The van der Waals surface area contributed by atoms with E-state index in [0.717, 1.165) is 0 Å². The predicted molar refractivity (Wildman–Crippen MR) is 83.4 cm³/mol. The lowest BCUT2D eigenvalue weighted by molar-refractivity contribution is 0.600. The molecule has 0 radical (unpaired) electrons. The predicted octanol–water partition coefficient (Wildman–Crippen LogP) is 2.52. The number of rotatable bonds is 8. The van der Waals surface area contributed by atoms with E-state index in [-0.39, 0.29) is 17.3 Å². The molecule has 0 rings (SSSR count). The highest BCUT2D eigenvalue weighted by Crippen LogP contribution is 2.19. The molecule has 0 fully saturated rings. The van der Waals surface area contributed by atoms with Crippen LogP contribution in [-0.4, -0.2) is 34.1 Å². The Bertz CT molecular complexity index is 580. The van der Waals surface area contributed by atoms with Gasteiger partial charge in [0.2, 0.25) is 8.87 Å². The summed E-state index contributed by atoms with van der Waals surface area (Å²) in [6, 6.07) is 0. The number of hydrogen-bond donors (Lipinski definition) is 0. The molecular weight excluding hydrogens is 304 g/mol. The van der Waals surface area contributed by atoms with E-state index in [1.165, 1.54) is 5.41 Å². The minimum absolute atomic E-state index is 0.0820. The van der Waals surface area contributed by atoms with Crippen molar-refractivity contribution in [2.75, 3.05) is 17.3 Å². The van der Waals surface area contributed by atoms with Gasteiger partial charge < -0.3 is 0 Å². The molecule has 0 spiro atoms. The van der Waals surface area contributed by atoms with Crippen LogP contribution in [-0.2, 0) is 18.7 Å². The molecule has 19 heavy (non-hydrogen) atoms. The van der Waals surface area contributed by atoms with Crippen molar-refractivity contribution in [3.05, 3.63) is 35.3 Å². The maximum absolute atomic E-state index is 11.7. The van der Waals surface area contributed by atoms with Crippen molar-refractivity contribution in [3.8, 4) is 0 Å². The van der Waals surface area contributed by atoms with E-state index in [1.54, 1.807) is 20.8 Å². The Hall–Kier alpha value is -0.530. The van der Waals surface area contributed by atoms with Crippen molar-refractivity contribution in [3.63, 3.8) is 0 Å². The highest BCUT2D eigenvalue weighted by Gasteiger charge is 2.14. The van der Waals surface area contributed by atoms with Gasteiger partial charge in [-0.3, -0.25) is 0 Å². The van der Waals surface area contributed by atoms with Gasteiger partial charge in [-0.15, -0.1) is 0 Å². The molecule has 0 heterocycles. The van der Waals surface area contributed by atoms with E-state index in [4.69, 9.17) is 0 Å². The molecule has 7 heteroatoms. The maximum Gasteiger partial charge on any atom is 0.209 e. The fourth-order valence-corrected chi connectivity index (χ4v) is 5.84. The Morgan fingerprint density at radius 2 is 1.42 bits per heavy atom. The summed E-state index contributed by atoms with van der Waals surface area (Å²) in [4.78, 5) is 0. The molecule has 4 nitrogen and oxygen atoms in total. The Labute approximate surface area is 119 Å². The van der Waals surface area contributed by atoms with Gasteiger partial charge in [0.15, 0.2) is 9.84 Å². The van der Waals surface area contributed by atoms with Crippen molar-refractivity contribution in [1.82, 2.24) is 0 Å². The maximum atomic E-state index is 11.7. The largest absolute Gasteiger partial charge is 0.228 e. The molecule has 110 valence electrons. The molecule has 0 atom stereocenters. The summed E-state index contributed by atoms with van der Waals surface area (Å²) < 4.78 is 46.5. The zero-order chi connectivity index (χ0) is 15.3. The monoisotopic (exact) mass is 324 g/mol. The molecule has 0 aliphatic heterocycles. The molecule has 0 aliphatic carbocycles. The van der Waals surface area contributed by atoms with E-state index < -0.39 is 18.7 Å². The molecule has 0 aromatic rings. The molecule has 0 amide bonds. The lowest BCUT2D eigenvalue weighted by atomic mass is 10.4. The minimum atomic E-state index is -3.33. The normalized spacial score (nSPS) is 13.3. The van der Waals surface area contributed by atoms with Crippen LogP contribution < -0.4 is 0 Å². The molecule has 0 aromatic carbocycles. The summed E-state index contributed by atoms with van der Waals surface area (Å²) in [5, 5.41) is 1.37. The highest BCUT2D eigenvalue weighted by molar-refractivity contribution is 8.73. The standard InChI is InChI=1S/C12H20O4S3/c1-10(2)7-18(13,14)9-12(5)6-17-19(15,16)8-11(3)4/h6H,1,3,7-9H2,2,4-5H3/b12-6-. The van der Waals surface area contributed by atoms with E-state index in [1.807, 2.05) is 0 Å². The van der Waals surface area contributed by atoms with Gasteiger partial charge in [0, 0.05) is 0 Å². The third-order valence-electron chi connectivity index (χ3n) is 1.73. The Kier molecular flexibility index (Phi) is 7.10. The van der Waals surface area contributed by atoms with Crippen LogP contribution in [0.15, 0.2) is 35.3 Å². The molecule has 0 N–H and O–H groups in total. The van der Waals surface area contributed by atoms with E-state index >= 15 is 0 Å². The second-order valence-corrected chi connectivity index (χ2v) is 10.7. The first-order valence-electron chi connectivity index (χ1n) is 5.49. The van der Waals surface area contributed by atoms with Crippen LogP contribution in [0.5, 0.6) is 0 Å². The molecule has 0 saturated heterocycles. The molecular formula is C12H20O4S3. The summed E-state index contributed by atoms with van der Waals surface area (Å²) in [7, 11) is -5.95. The number of hydrogen-bond acceptors (Lipinski definition) is 5. The van der Waals surface area contributed by atoms with Crippen LogP contribution in [0, 0.1) is 0 Å². The Morgan fingerprint density at radius 3 is 1.84 bits per heavy atom. The van der Waals surface area contributed by atoms with Crippen molar-refractivity contribution < 1.29 is 16.8 Å². The fourth-order valence-electron chi connectivity index (χ4n) is 1.30. The summed E-state index contributed by atoms with van der Waals surface area (Å²) in [6.07, 6.45) is 0. The minimum Gasteiger partial charge on any atom is -0.228 e. The van der Waals surface area contributed by atoms with E-state index in [2.05, 4.69) is 13.2 Å². The summed E-state index contributed by atoms with van der Waals surface area (Å²) in [5.74, 6) is -0.350. The van der Waals surface area contributed by atoms with Crippen LogP contribution >= 0.6 is 10.8 Å². The lowest BCUT2D eigenvalue weighted by Crippen LogP contribution is -2.12. The van der Waals surface area contributed by atoms with Crippen molar-refractivity contribution in [2.45, 2.75) is 20.8 Å². The molecule has 0 aliphatic rings. The zero-order valence-corrected chi connectivity index (χ0v) is 13.9. The van der Waals surface area contributed by atoms with Crippen molar-refractivity contribution in [2.24, 2.45) is 0 Å². The lowest BCUT2D eigenvalue weighted by Gasteiger charge is -2.05. The highest BCUT2D eigenvalue weighted by atomic mass is 33.1. The second kappa shape index (κ2) is 7.31. The van der Waals surface area contributed by atoms with Crippen LogP contribution in [0.2, 0.25) is 0 Å². The van der Waals surface area contributed by atoms with E-state index in [9.17, 15) is 16.8 Å². The Morgan fingerprint density at radius 1 is 0.947 bits per heavy atom. The molecule has 0 bridgehead atoms. The van der Waals surface area contributed by atoms with Crippen LogP contribution in [0.25, 0.3) is 0 Å². The van der Waals surface area contributed by atoms with Gasteiger partial charge in [-0.05, 0) is 37.0 Å². The first-order chi connectivity index (χ1) is 8.43. The third kappa shape index (κ3) is 9.98. The van der Waals surface area contributed by atoms with Gasteiger partial charge in [-0.2, -0.15) is 0 Å². The third-order valence-corrected chi connectivity index (χ3v) is 6.72. The van der Waals surface area contributed by atoms with Crippen molar-refractivity contribution in [1.29, 1.82) is 0 Å². The Balaban J connectivity index is 4.69. The molecule has 0 aromatic heterocycles. The van der Waals surface area contributed by atoms with Gasteiger partial charge in [-0.25, -0.2) is 16.8 Å². The average molecular weight is 324 g/mol. The first-order valence-corrected chi connectivity index (χ1v) is 10.4. The summed E-state index contributed by atoms with van der Waals surface area (Å²) in [6.45, 7) is 12.0. The smallest absolute Gasteiger partial charge is 0.209 e. The zero-order valence-electron chi connectivity index (χ0n) is 11.5. The average Bonchev–Trinajstić information content (AvgIpc) is 2.09. The second-order valence-electron chi connectivity index (χ2n) is 4.71. The van der Waals surface area contributed by atoms with E-state index in [0.29, 0.717) is 27.5 Å². The van der Waals surface area contributed by atoms with Gasteiger partial charge in [0.25, 0.3) is 0 Å². The van der Waals surface area contributed by atoms with Gasteiger partial charge >= 0.3 is 0 Å². The van der Waals surface area contributed by atoms with Crippen LogP contribution in [0.1, 0.15) is 20.8 Å². The van der Waals surface area contributed by atoms with Gasteiger partial charge in [-0.1, -0.05) is 29.9 Å². The van der Waals surface area contributed by atoms with Crippen LogP contribution in [0.4, 0.5) is 0 Å². The topological polar surface area (TPSA) is 68.3 Å². The molecule has 0 unspecified atom stereocenters. The first kappa shape index (κ1) is 18.5. The number of sulfone groups is 1. The van der Waals surface area contributed by atoms with Crippen molar-refractivity contribution >= 4 is 29.5 Å². The fraction of sp³-hybridized carbons (Fsp3) is 0.500. The summed E-state index contributed by atoms with van der Waals surface area (Å²) >= 11 is 0. The molecule has 0 saturated carbocycles. The van der Waals surface area contributed by atoms with Crippen LogP contribution in [0.3, 0.4) is 0 Å².